The number of anilines is 2. The number of hydrogen-bond acceptors (Lipinski definition) is 5. The lowest BCUT2D eigenvalue weighted by atomic mass is 10.2. The van der Waals surface area contributed by atoms with Gasteiger partial charge in [-0.2, -0.15) is 0 Å². The summed E-state index contributed by atoms with van der Waals surface area (Å²) in [6.45, 7) is 0. The summed E-state index contributed by atoms with van der Waals surface area (Å²) in [7, 11) is 0. The zero-order chi connectivity index (χ0) is 14.0. The Balaban J connectivity index is 2.18. The molecule has 1 unspecified atom stereocenters. The van der Waals surface area contributed by atoms with Crippen molar-refractivity contribution >= 4 is 66.6 Å². The van der Waals surface area contributed by atoms with Crippen LogP contribution in [0.5, 0.6) is 0 Å². The molecule has 0 aliphatic carbocycles. The minimum absolute atomic E-state index is 0.349. The molecule has 1 aromatic carbocycles. The molecule has 1 aromatic heterocycles. The van der Waals surface area contributed by atoms with Crippen LogP contribution in [0.4, 0.5) is 10.8 Å². The maximum atomic E-state index is 10.8. The number of rotatable bonds is 4. The number of hydrogen-bond donors (Lipinski definition) is 3. The van der Waals surface area contributed by atoms with E-state index in [0.29, 0.717) is 10.8 Å². The molecule has 0 bridgehead atoms. The van der Waals surface area contributed by atoms with Crippen LogP contribution >= 0.6 is 49.9 Å². The number of nitrogens with two attached hydrogens (primary N) is 1. The fraction of sp³-hybridized carbons (Fsp3) is 0.0909. The van der Waals surface area contributed by atoms with Crippen molar-refractivity contribution in [3.05, 3.63) is 37.3 Å². The Morgan fingerprint density at radius 2 is 2.32 bits per heavy atom. The quantitative estimate of drug-likeness (QED) is 0.618. The summed E-state index contributed by atoms with van der Waals surface area (Å²) in [5.41, 5.74) is 6.72. The minimum Gasteiger partial charge on any atom is -0.480 e. The van der Waals surface area contributed by atoms with Crippen LogP contribution in [-0.4, -0.2) is 16.1 Å². The largest absolute Gasteiger partial charge is 0.480 e. The van der Waals surface area contributed by atoms with Crippen LogP contribution in [0.2, 0.25) is 0 Å². The Kier molecular flexibility index (Phi) is 4.76. The first-order chi connectivity index (χ1) is 8.97. The minimum atomic E-state index is -1.09. The van der Waals surface area contributed by atoms with Gasteiger partial charge in [0.05, 0.1) is 11.4 Å². The van der Waals surface area contributed by atoms with E-state index in [2.05, 4.69) is 48.8 Å². The smallest absolute Gasteiger partial charge is 0.326 e. The fourth-order valence-electron chi connectivity index (χ4n) is 1.32. The molecule has 0 amide bonds. The van der Waals surface area contributed by atoms with E-state index in [1.54, 1.807) is 5.38 Å². The molecule has 2 rings (SSSR count). The van der Waals surface area contributed by atoms with Crippen LogP contribution in [-0.2, 0) is 4.79 Å². The Morgan fingerprint density at radius 1 is 1.58 bits per heavy atom. The number of carboxylic acids is 1. The Bertz CT molecular complexity index is 620. The lowest BCUT2D eigenvalue weighted by Gasteiger charge is -2.06. The third-order valence-corrected chi connectivity index (χ3v) is 4.38. The molecule has 5 nitrogen and oxygen atoms in total. The van der Waals surface area contributed by atoms with E-state index in [0.717, 1.165) is 13.7 Å². The zero-order valence-electron chi connectivity index (χ0n) is 9.43. The van der Waals surface area contributed by atoms with Gasteiger partial charge in [-0.15, -0.1) is 11.3 Å². The molecule has 0 aliphatic heterocycles. The molecule has 0 saturated carbocycles. The van der Waals surface area contributed by atoms with Crippen molar-refractivity contribution in [2.24, 2.45) is 5.73 Å². The Morgan fingerprint density at radius 3 is 2.95 bits per heavy atom. The van der Waals surface area contributed by atoms with Crippen LogP contribution < -0.4 is 11.1 Å². The lowest BCUT2D eigenvalue weighted by Crippen LogP contribution is -2.20. The maximum absolute atomic E-state index is 10.8. The first kappa shape index (κ1) is 14.7. The van der Waals surface area contributed by atoms with E-state index >= 15 is 0 Å². The third kappa shape index (κ3) is 3.65. The molecule has 0 spiro atoms. The second kappa shape index (κ2) is 6.16. The van der Waals surface area contributed by atoms with Crippen molar-refractivity contribution in [3.63, 3.8) is 0 Å². The second-order valence-corrected chi connectivity index (χ2v) is 6.60. The molecule has 0 saturated heterocycles. The fourth-order valence-corrected chi connectivity index (χ4v) is 3.47. The van der Waals surface area contributed by atoms with Gasteiger partial charge < -0.3 is 16.2 Å². The number of aliphatic carboxylic acids is 1. The number of nitrogens with one attached hydrogen (secondary N) is 1. The molecule has 1 heterocycles. The van der Waals surface area contributed by atoms with Crippen LogP contribution in [0.15, 0.2) is 28.1 Å². The molecule has 19 heavy (non-hydrogen) atoms. The number of halogens is 2. The molecule has 1 atom stereocenters. The lowest BCUT2D eigenvalue weighted by molar-refractivity contribution is -0.138. The zero-order valence-corrected chi connectivity index (χ0v) is 14.0. The topological polar surface area (TPSA) is 88.2 Å². The highest BCUT2D eigenvalue weighted by Gasteiger charge is 2.17. The monoisotopic (exact) mass is 453 g/mol. The molecular weight excluding hydrogens is 445 g/mol. The van der Waals surface area contributed by atoms with Crippen LogP contribution in [0.1, 0.15) is 11.7 Å². The van der Waals surface area contributed by atoms with Gasteiger partial charge in [-0.1, -0.05) is 0 Å². The van der Waals surface area contributed by atoms with Crippen molar-refractivity contribution in [3.8, 4) is 0 Å². The summed E-state index contributed by atoms with van der Waals surface area (Å²) >= 11 is 6.99. The van der Waals surface area contributed by atoms with Crippen LogP contribution in [0, 0.1) is 3.57 Å². The number of carboxylic acid groups (broad SMARTS) is 1. The standard InChI is InChI=1S/C11H9BrIN3O2S/c12-6-3-5(13)1-2-7(6)15-11-16-8(4-19-11)9(14)10(17)18/h1-4,9H,14H2,(H,15,16)(H,17,18). The molecule has 0 radical (unpaired) electrons. The summed E-state index contributed by atoms with van der Waals surface area (Å²) in [6, 6.07) is 4.77. The van der Waals surface area contributed by atoms with Crippen molar-refractivity contribution < 1.29 is 9.90 Å². The number of benzene rings is 1. The number of nitrogens with zero attached hydrogens (tertiary/aromatic N) is 1. The van der Waals surface area contributed by atoms with E-state index in [4.69, 9.17) is 10.8 Å². The normalized spacial score (nSPS) is 12.2. The highest BCUT2D eigenvalue weighted by atomic mass is 127. The molecule has 0 fully saturated rings. The molecule has 0 aliphatic rings. The van der Waals surface area contributed by atoms with Crippen molar-refractivity contribution in [2.45, 2.75) is 6.04 Å². The van der Waals surface area contributed by atoms with Gasteiger partial charge in [0.1, 0.15) is 6.04 Å². The van der Waals surface area contributed by atoms with Crippen molar-refractivity contribution in [1.82, 2.24) is 4.98 Å². The van der Waals surface area contributed by atoms with Gasteiger partial charge in [-0.25, -0.2) is 4.98 Å². The summed E-state index contributed by atoms with van der Waals surface area (Å²) in [5, 5.41) is 14.2. The molecule has 8 heteroatoms. The van der Waals surface area contributed by atoms with Gasteiger partial charge in [-0.05, 0) is 56.7 Å². The summed E-state index contributed by atoms with van der Waals surface area (Å²) in [4.78, 5) is 14.9. The summed E-state index contributed by atoms with van der Waals surface area (Å²) in [6.07, 6.45) is 0. The molecular formula is C11H9BrIN3O2S. The number of thiazole rings is 1. The average Bonchev–Trinajstić information content (AvgIpc) is 2.80. The van der Waals surface area contributed by atoms with Gasteiger partial charge in [0.25, 0.3) is 0 Å². The van der Waals surface area contributed by atoms with E-state index in [1.807, 2.05) is 18.2 Å². The molecule has 4 N–H and O–H groups in total. The van der Waals surface area contributed by atoms with Gasteiger partial charge in [0.2, 0.25) is 0 Å². The van der Waals surface area contributed by atoms with Crippen LogP contribution in [0.3, 0.4) is 0 Å². The van der Waals surface area contributed by atoms with Gasteiger partial charge >= 0.3 is 5.97 Å². The highest BCUT2D eigenvalue weighted by Crippen LogP contribution is 2.29. The van der Waals surface area contributed by atoms with Crippen LogP contribution in [0.25, 0.3) is 0 Å². The van der Waals surface area contributed by atoms with Gasteiger partial charge in [0.15, 0.2) is 5.13 Å². The first-order valence-corrected chi connectivity index (χ1v) is 7.88. The molecule has 2 aromatic rings. The van der Waals surface area contributed by atoms with Crippen molar-refractivity contribution in [2.75, 3.05) is 5.32 Å². The van der Waals surface area contributed by atoms with E-state index in [-0.39, 0.29) is 0 Å². The first-order valence-electron chi connectivity index (χ1n) is 5.13. The molecule has 100 valence electrons. The second-order valence-electron chi connectivity index (χ2n) is 3.64. The Hall–Kier alpha value is -0.710. The van der Waals surface area contributed by atoms with E-state index < -0.39 is 12.0 Å². The highest BCUT2D eigenvalue weighted by molar-refractivity contribution is 14.1. The predicted octanol–water partition coefficient (Wildman–Crippen LogP) is 3.34. The van der Waals surface area contributed by atoms with Gasteiger partial charge in [-0.3, -0.25) is 4.79 Å². The SMILES string of the molecule is NC(C(=O)O)c1csc(Nc2ccc(I)cc2Br)n1. The predicted molar refractivity (Wildman–Crippen MR) is 86.8 cm³/mol. The Labute approximate surface area is 135 Å². The number of aromatic nitrogens is 1. The van der Waals surface area contributed by atoms with E-state index in [9.17, 15) is 4.79 Å². The number of carbonyl (C=O) groups is 1. The average molecular weight is 454 g/mol. The van der Waals surface area contributed by atoms with Crippen molar-refractivity contribution in [1.29, 1.82) is 0 Å². The maximum Gasteiger partial charge on any atom is 0.326 e. The summed E-state index contributed by atoms with van der Waals surface area (Å²) in [5.74, 6) is -1.09. The third-order valence-electron chi connectivity index (χ3n) is 2.28. The van der Waals surface area contributed by atoms with E-state index in [1.165, 1.54) is 11.3 Å². The summed E-state index contributed by atoms with van der Waals surface area (Å²) < 4.78 is 2.03. The van der Waals surface area contributed by atoms with Gasteiger partial charge in [0, 0.05) is 13.4 Å².